The van der Waals surface area contributed by atoms with Crippen LogP contribution in [0.2, 0.25) is 0 Å². The molecule has 0 aliphatic carbocycles. The minimum absolute atomic E-state index is 0.0305. The lowest BCUT2D eigenvalue weighted by Gasteiger charge is -2.30. The normalized spacial score (nSPS) is 17.6. The molecule has 3 aromatic rings. The standard InChI is InChI=1S/C29H33F6N7O/c1-4-41(17-24-9-6-10-43-24)26-21(13-20-8-5-7-18(2)25(20)36-26)16-42(27-37-39-40(3)38-27)15-19-11-22(28(30,31)32)14-23(12-19)29(33,34)35/h5,7-8,11-14,24,39H,4,6,9-10,15-17H2,1-3H3,(H,37,38). The molecular formula is C29H33F6N7O. The van der Waals surface area contributed by atoms with Crippen LogP contribution in [0.4, 0.5) is 32.2 Å². The number of halogens is 6. The average molecular weight is 610 g/mol. The van der Waals surface area contributed by atoms with Crippen LogP contribution in [0.15, 0.2) is 47.6 Å². The summed E-state index contributed by atoms with van der Waals surface area (Å²) in [4.78, 5) is 8.74. The maximum atomic E-state index is 13.6. The molecule has 2 aromatic carbocycles. The predicted molar refractivity (Wildman–Crippen MR) is 151 cm³/mol. The van der Waals surface area contributed by atoms with E-state index >= 15 is 0 Å². The van der Waals surface area contributed by atoms with Gasteiger partial charge in [-0.05, 0) is 62.1 Å². The summed E-state index contributed by atoms with van der Waals surface area (Å²) < 4.78 is 87.7. The third-order valence-electron chi connectivity index (χ3n) is 7.49. The summed E-state index contributed by atoms with van der Waals surface area (Å²) in [5.74, 6) is 0.899. The first-order valence-electron chi connectivity index (χ1n) is 13.9. The van der Waals surface area contributed by atoms with E-state index in [1.54, 1.807) is 11.9 Å². The van der Waals surface area contributed by atoms with E-state index in [1.807, 2.05) is 38.1 Å². The van der Waals surface area contributed by atoms with Gasteiger partial charge in [-0.2, -0.15) is 26.3 Å². The number of hydrazone groups is 1. The Labute approximate surface area is 245 Å². The number of nitrogens with zero attached hydrogens (tertiary/aromatic N) is 5. The van der Waals surface area contributed by atoms with E-state index in [0.717, 1.165) is 47.0 Å². The van der Waals surface area contributed by atoms with E-state index in [4.69, 9.17) is 9.72 Å². The van der Waals surface area contributed by atoms with E-state index in [1.165, 1.54) is 5.12 Å². The molecule has 0 bridgehead atoms. The quantitative estimate of drug-likeness (QED) is 0.313. The van der Waals surface area contributed by atoms with Crippen LogP contribution in [0.25, 0.3) is 10.9 Å². The first-order chi connectivity index (χ1) is 20.3. The van der Waals surface area contributed by atoms with Crippen LogP contribution < -0.4 is 15.9 Å². The van der Waals surface area contributed by atoms with Crippen LogP contribution in [0.1, 0.15) is 47.6 Å². The van der Waals surface area contributed by atoms with Crippen molar-refractivity contribution in [1.82, 2.24) is 26.0 Å². The van der Waals surface area contributed by atoms with Gasteiger partial charge in [0.25, 0.3) is 0 Å². The molecule has 1 fully saturated rings. The Hall–Kier alpha value is -3.78. The maximum absolute atomic E-state index is 13.6. The highest BCUT2D eigenvalue weighted by Crippen LogP contribution is 2.37. The van der Waals surface area contributed by atoms with Gasteiger partial charge >= 0.3 is 12.4 Å². The molecule has 2 N–H and O–H groups in total. The van der Waals surface area contributed by atoms with Crippen LogP contribution in [-0.2, 0) is 30.2 Å². The molecule has 43 heavy (non-hydrogen) atoms. The average Bonchev–Trinajstić information content (AvgIpc) is 3.62. The number of hydrazine groups is 2. The van der Waals surface area contributed by atoms with Crippen LogP contribution in [-0.4, -0.2) is 53.8 Å². The molecule has 2 aliphatic rings. The summed E-state index contributed by atoms with van der Waals surface area (Å²) in [6.07, 6.45) is -7.99. The fourth-order valence-corrected chi connectivity index (χ4v) is 5.38. The Morgan fingerprint density at radius 1 is 1.00 bits per heavy atom. The summed E-state index contributed by atoms with van der Waals surface area (Å²) in [5.41, 5.74) is 5.26. The monoisotopic (exact) mass is 609 g/mol. The van der Waals surface area contributed by atoms with Crippen LogP contribution in [0.3, 0.4) is 0 Å². The summed E-state index contributed by atoms with van der Waals surface area (Å²) >= 11 is 0. The van der Waals surface area contributed by atoms with E-state index < -0.39 is 23.5 Å². The number of aryl methyl sites for hydroxylation is 1. The molecule has 5 rings (SSSR count). The van der Waals surface area contributed by atoms with E-state index in [-0.39, 0.29) is 36.8 Å². The second-order valence-corrected chi connectivity index (χ2v) is 10.8. The number of hydrogen-bond acceptors (Lipinski definition) is 8. The van der Waals surface area contributed by atoms with Crippen LogP contribution in [0, 0.1) is 6.92 Å². The number of nitrogens with one attached hydrogen (secondary N) is 2. The molecule has 8 nitrogen and oxygen atoms in total. The van der Waals surface area contributed by atoms with Gasteiger partial charge < -0.3 is 14.5 Å². The van der Waals surface area contributed by atoms with Crippen molar-refractivity contribution in [2.24, 2.45) is 5.10 Å². The molecule has 0 spiro atoms. The van der Waals surface area contributed by atoms with Crippen molar-refractivity contribution >= 4 is 22.7 Å². The van der Waals surface area contributed by atoms with E-state index in [2.05, 4.69) is 21.0 Å². The lowest BCUT2D eigenvalue weighted by atomic mass is 10.0. The molecule has 232 valence electrons. The van der Waals surface area contributed by atoms with Crippen molar-refractivity contribution in [2.75, 3.05) is 31.6 Å². The number of pyridine rings is 1. The van der Waals surface area contributed by atoms with Crippen LogP contribution >= 0.6 is 0 Å². The third kappa shape index (κ3) is 7.07. The Morgan fingerprint density at radius 2 is 1.72 bits per heavy atom. The van der Waals surface area contributed by atoms with Crippen molar-refractivity contribution in [2.45, 2.75) is 58.2 Å². The zero-order valence-corrected chi connectivity index (χ0v) is 24.0. The van der Waals surface area contributed by atoms with Gasteiger partial charge in [-0.25, -0.2) is 10.5 Å². The van der Waals surface area contributed by atoms with E-state index in [9.17, 15) is 26.3 Å². The smallest absolute Gasteiger partial charge is 0.376 e. The molecule has 0 radical (unpaired) electrons. The van der Waals surface area contributed by atoms with Crippen molar-refractivity contribution in [3.8, 4) is 0 Å². The van der Waals surface area contributed by atoms with Gasteiger partial charge in [0.05, 0.1) is 22.7 Å². The van der Waals surface area contributed by atoms with Gasteiger partial charge in [0.15, 0.2) is 0 Å². The van der Waals surface area contributed by atoms with Gasteiger partial charge in [0.1, 0.15) is 5.82 Å². The van der Waals surface area contributed by atoms with Gasteiger partial charge in [-0.15, -0.1) is 10.2 Å². The molecule has 2 aliphatic heterocycles. The highest BCUT2D eigenvalue weighted by atomic mass is 19.4. The summed E-state index contributed by atoms with van der Waals surface area (Å²) in [6.45, 7) is 5.67. The van der Waals surface area contributed by atoms with Gasteiger partial charge in [0, 0.05) is 50.8 Å². The van der Waals surface area contributed by atoms with Gasteiger partial charge in [0.2, 0.25) is 5.96 Å². The fraction of sp³-hybridized carbons (Fsp3) is 0.448. The molecule has 3 heterocycles. The largest absolute Gasteiger partial charge is 0.416 e. The Morgan fingerprint density at radius 3 is 2.30 bits per heavy atom. The number of anilines is 1. The minimum Gasteiger partial charge on any atom is -0.376 e. The number of fused-ring (bicyclic) bond motifs is 1. The molecule has 1 unspecified atom stereocenters. The molecule has 14 heteroatoms. The second kappa shape index (κ2) is 12.1. The Kier molecular flexibility index (Phi) is 8.61. The molecule has 1 atom stereocenters. The van der Waals surface area contributed by atoms with Crippen molar-refractivity contribution in [1.29, 1.82) is 0 Å². The molecule has 0 amide bonds. The summed E-state index contributed by atoms with van der Waals surface area (Å²) in [5, 5.41) is 6.50. The molecule has 0 saturated carbocycles. The number of benzene rings is 2. The molecule has 1 aromatic heterocycles. The first kappa shape index (κ1) is 30.7. The van der Waals surface area contributed by atoms with Crippen molar-refractivity contribution in [3.63, 3.8) is 0 Å². The summed E-state index contributed by atoms with van der Waals surface area (Å²) in [7, 11) is 1.63. The zero-order chi connectivity index (χ0) is 30.9. The number of ether oxygens (including phenoxy) is 1. The first-order valence-corrected chi connectivity index (χ1v) is 13.9. The number of likely N-dealkylation sites (N-methyl/N-ethyl adjacent to an activating group) is 1. The third-order valence-corrected chi connectivity index (χ3v) is 7.49. The lowest BCUT2D eigenvalue weighted by Crippen LogP contribution is -2.44. The number of aromatic nitrogens is 1. The molecular weight excluding hydrogens is 576 g/mol. The fourth-order valence-electron chi connectivity index (χ4n) is 5.38. The number of para-hydroxylation sites is 1. The number of guanidine groups is 1. The second-order valence-electron chi connectivity index (χ2n) is 10.8. The highest BCUT2D eigenvalue weighted by molar-refractivity contribution is 5.85. The minimum atomic E-state index is -4.96. The maximum Gasteiger partial charge on any atom is 0.416 e. The lowest BCUT2D eigenvalue weighted by molar-refractivity contribution is -0.143. The summed E-state index contributed by atoms with van der Waals surface area (Å²) in [6, 6.07) is 9.38. The van der Waals surface area contributed by atoms with Crippen LogP contribution in [0.5, 0.6) is 0 Å². The topological polar surface area (TPSA) is 68.3 Å². The highest BCUT2D eigenvalue weighted by Gasteiger charge is 2.37. The zero-order valence-electron chi connectivity index (χ0n) is 24.0. The number of rotatable bonds is 8. The van der Waals surface area contributed by atoms with E-state index in [0.29, 0.717) is 25.5 Å². The van der Waals surface area contributed by atoms with Crippen molar-refractivity contribution < 1.29 is 31.1 Å². The molecule has 1 saturated heterocycles. The SMILES string of the molecule is CCN(CC1CCCO1)c1nc2c(C)cccc2cc1CN(Cc1cc(C(F)(F)F)cc(C(F)(F)F)c1)C1=NNN(C)N1. The van der Waals surface area contributed by atoms with Gasteiger partial charge in [-0.3, -0.25) is 5.43 Å². The Balaban J connectivity index is 1.58. The predicted octanol–water partition coefficient (Wildman–Crippen LogP) is 5.81. The Bertz CT molecular complexity index is 1450. The van der Waals surface area contributed by atoms with Crippen molar-refractivity contribution in [3.05, 3.63) is 70.3 Å². The number of hydrogen-bond donors (Lipinski definition) is 2. The van der Waals surface area contributed by atoms with Gasteiger partial charge in [-0.1, -0.05) is 18.2 Å². The number of alkyl halides is 6.